The Morgan fingerprint density at radius 2 is 2.00 bits per heavy atom. The van der Waals surface area contributed by atoms with E-state index in [9.17, 15) is 5.26 Å². The molecule has 4 rings (SSSR count). The van der Waals surface area contributed by atoms with Gasteiger partial charge in [0, 0.05) is 50.8 Å². The Kier molecular flexibility index (Phi) is 7.74. The van der Waals surface area contributed by atoms with E-state index in [0.717, 1.165) is 13.1 Å². The third kappa shape index (κ3) is 5.60. The smallest absolute Gasteiger partial charge is 0.230 e. The summed E-state index contributed by atoms with van der Waals surface area (Å²) in [5.74, 6) is 2.09. The van der Waals surface area contributed by atoms with Crippen molar-refractivity contribution in [2.75, 3.05) is 55.3 Å². The number of aromatic nitrogens is 5. The molecule has 0 radical (unpaired) electrons. The number of hydrogen-bond acceptors (Lipinski definition) is 11. The van der Waals surface area contributed by atoms with Crippen molar-refractivity contribution in [2.45, 2.75) is 6.92 Å². The van der Waals surface area contributed by atoms with Crippen molar-refractivity contribution < 1.29 is 9.84 Å². The number of nitrogen functional groups attached to an aromatic ring is 1. The summed E-state index contributed by atoms with van der Waals surface area (Å²) < 4.78 is 7.13. The summed E-state index contributed by atoms with van der Waals surface area (Å²) in [6.07, 6.45) is 8.42. The molecule has 36 heavy (non-hydrogen) atoms. The zero-order valence-electron chi connectivity index (χ0n) is 20.0. The average molecular weight is 489 g/mol. The van der Waals surface area contributed by atoms with Crippen LogP contribution in [0, 0.1) is 11.3 Å². The van der Waals surface area contributed by atoms with Crippen molar-refractivity contribution in [3.8, 4) is 11.8 Å². The van der Waals surface area contributed by atoms with Crippen molar-refractivity contribution >= 4 is 23.4 Å². The van der Waals surface area contributed by atoms with Crippen LogP contribution in [0.15, 0.2) is 60.8 Å². The molecule has 0 atom stereocenters. The minimum atomic E-state index is 0.128. The minimum absolute atomic E-state index is 0.128. The van der Waals surface area contributed by atoms with Crippen LogP contribution >= 0.6 is 0 Å². The number of nitriles is 1. The summed E-state index contributed by atoms with van der Waals surface area (Å²) in [7, 11) is 0. The molecule has 3 aromatic rings. The van der Waals surface area contributed by atoms with Gasteiger partial charge in [0.2, 0.25) is 11.9 Å². The van der Waals surface area contributed by atoms with E-state index in [0.29, 0.717) is 54.3 Å². The summed E-state index contributed by atoms with van der Waals surface area (Å²) in [4.78, 5) is 17.2. The molecule has 1 aliphatic rings. The number of aliphatic hydroxyl groups excluding tert-OH is 1. The summed E-state index contributed by atoms with van der Waals surface area (Å²) in [6.45, 7) is 9.32. The molecule has 186 valence electrons. The SMILES string of the molecule is C=C/C(=C\C=C(/C)Nc1nn2c(N)nc(N3CCN(CCO)CC3)nc2c1C#N)Oc1ccncc1. The van der Waals surface area contributed by atoms with Crippen LogP contribution in [-0.4, -0.2) is 73.9 Å². The predicted molar refractivity (Wildman–Crippen MR) is 136 cm³/mol. The third-order valence-corrected chi connectivity index (χ3v) is 5.58. The lowest BCUT2D eigenvalue weighted by atomic mass is 10.3. The van der Waals surface area contributed by atoms with Gasteiger partial charge in [-0.05, 0) is 37.3 Å². The number of anilines is 3. The Morgan fingerprint density at radius 3 is 2.67 bits per heavy atom. The molecular weight excluding hydrogens is 460 g/mol. The number of piperazine rings is 1. The van der Waals surface area contributed by atoms with Crippen LogP contribution in [0.3, 0.4) is 0 Å². The van der Waals surface area contributed by atoms with Gasteiger partial charge in [-0.2, -0.15) is 19.7 Å². The quantitative estimate of drug-likeness (QED) is 0.297. The summed E-state index contributed by atoms with van der Waals surface area (Å²) in [5.41, 5.74) is 7.48. The number of nitrogens with one attached hydrogen (secondary N) is 1. The number of pyridine rings is 1. The first-order valence-corrected chi connectivity index (χ1v) is 11.4. The van der Waals surface area contributed by atoms with Gasteiger partial charge in [0.25, 0.3) is 0 Å². The van der Waals surface area contributed by atoms with Crippen molar-refractivity contribution in [1.82, 2.24) is 29.5 Å². The third-order valence-electron chi connectivity index (χ3n) is 5.58. The molecule has 12 nitrogen and oxygen atoms in total. The van der Waals surface area contributed by atoms with Crippen LogP contribution in [-0.2, 0) is 0 Å². The molecule has 3 aromatic heterocycles. The normalized spacial score (nSPS) is 15.1. The maximum absolute atomic E-state index is 9.87. The molecule has 0 saturated carbocycles. The summed E-state index contributed by atoms with van der Waals surface area (Å²) in [5, 5.41) is 26.6. The highest BCUT2D eigenvalue weighted by Gasteiger charge is 2.23. The second-order valence-corrected chi connectivity index (χ2v) is 8.04. The fourth-order valence-corrected chi connectivity index (χ4v) is 3.71. The average Bonchev–Trinajstić information content (AvgIpc) is 3.25. The van der Waals surface area contributed by atoms with E-state index in [1.54, 1.807) is 42.8 Å². The zero-order valence-corrected chi connectivity index (χ0v) is 20.0. The van der Waals surface area contributed by atoms with Crippen LogP contribution < -0.4 is 20.7 Å². The fourth-order valence-electron chi connectivity index (χ4n) is 3.71. The minimum Gasteiger partial charge on any atom is -0.457 e. The maximum Gasteiger partial charge on any atom is 0.230 e. The van der Waals surface area contributed by atoms with Crippen LogP contribution in [0.1, 0.15) is 12.5 Å². The lowest BCUT2D eigenvalue weighted by Gasteiger charge is -2.34. The van der Waals surface area contributed by atoms with E-state index in [4.69, 9.17) is 15.6 Å². The first kappa shape index (κ1) is 24.6. The van der Waals surface area contributed by atoms with Gasteiger partial charge in [-0.1, -0.05) is 6.58 Å². The van der Waals surface area contributed by atoms with Gasteiger partial charge < -0.3 is 25.8 Å². The highest BCUT2D eigenvalue weighted by molar-refractivity contribution is 5.71. The van der Waals surface area contributed by atoms with E-state index >= 15 is 0 Å². The van der Waals surface area contributed by atoms with Crippen molar-refractivity contribution in [3.63, 3.8) is 0 Å². The summed E-state index contributed by atoms with van der Waals surface area (Å²) in [6, 6.07) is 5.67. The van der Waals surface area contributed by atoms with Gasteiger partial charge in [-0.15, -0.1) is 5.10 Å². The molecule has 4 heterocycles. The number of ether oxygens (including phenoxy) is 1. The number of nitrogens with zero attached hydrogens (tertiary/aromatic N) is 8. The Morgan fingerprint density at radius 1 is 1.25 bits per heavy atom. The van der Waals surface area contributed by atoms with Gasteiger partial charge in [-0.25, -0.2) is 0 Å². The van der Waals surface area contributed by atoms with Gasteiger partial charge in [0.1, 0.15) is 23.1 Å². The highest BCUT2D eigenvalue weighted by Crippen LogP contribution is 2.24. The van der Waals surface area contributed by atoms with E-state index in [2.05, 4.69) is 42.9 Å². The molecule has 0 aromatic carbocycles. The molecular formula is C24H28N10O2. The number of rotatable bonds is 9. The second kappa shape index (κ2) is 11.3. The highest BCUT2D eigenvalue weighted by atomic mass is 16.5. The van der Waals surface area contributed by atoms with Crippen LogP contribution in [0.5, 0.6) is 5.75 Å². The predicted octanol–water partition coefficient (Wildman–Crippen LogP) is 1.55. The van der Waals surface area contributed by atoms with Crippen LogP contribution in [0.25, 0.3) is 5.65 Å². The molecule has 1 aliphatic heterocycles. The molecule has 0 spiro atoms. The molecule has 12 heteroatoms. The molecule has 0 unspecified atom stereocenters. The molecule has 1 fully saturated rings. The molecule has 0 aliphatic carbocycles. The van der Waals surface area contributed by atoms with Crippen LogP contribution in [0.4, 0.5) is 17.7 Å². The fraction of sp³-hybridized carbons (Fsp3) is 0.292. The molecule has 0 amide bonds. The Hall–Kier alpha value is -4.47. The number of aliphatic hydroxyl groups is 1. The van der Waals surface area contributed by atoms with Gasteiger partial charge >= 0.3 is 0 Å². The maximum atomic E-state index is 9.87. The lowest BCUT2D eigenvalue weighted by molar-refractivity contribution is 0.188. The molecule has 0 bridgehead atoms. The van der Waals surface area contributed by atoms with Crippen molar-refractivity contribution in [3.05, 3.63) is 66.4 Å². The number of nitrogens with two attached hydrogens (primary N) is 1. The monoisotopic (exact) mass is 488 g/mol. The number of allylic oxidation sites excluding steroid dienone is 4. The van der Waals surface area contributed by atoms with Gasteiger partial charge in [0.15, 0.2) is 11.5 Å². The largest absolute Gasteiger partial charge is 0.457 e. The van der Waals surface area contributed by atoms with E-state index in [1.165, 1.54) is 4.52 Å². The number of β-amino-alcohol motifs (C(OH)–C–C–N with tert-alkyl or cyclic N) is 1. The Balaban J connectivity index is 1.54. The first-order valence-electron chi connectivity index (χ1n) is 11.4. The van der Waals surface area contributed by atoms with Crippen molar-refractivity contribution in [1.29, 1.82) is 5.26 Å². The van der Waals surface area contributed by atoms with Gasteiger partial charge in [0.05, 0.1) is 6.61 Å². The number of hydrogen-bond donors (Lipinski definition) is 3. The first-order chi connectivity index (χ1) is 17.5. The van der Waals surface area contributed by atoms with E-state index in [-0.39, 0.29) is 18.1 Å². The Bertz CT molecular complexity index is 1320. The zero-order chi connectivity index (χ0) is 25.5. The Labute approximate surface area is 208 Å². The summed E-state index contributed by atoms with van der Waals surface area (Å²) >= 11 is 0. The van der Waals surface area contributed by atoms with E-state index in [1.807, 2.05) is 11.8 Å². The molecule has 4 N–H and O–H groups in total. The molecule has 1 saturated heterocycles. The van der Waals surface area contributed by atoms with Gasteiger partial charge in [-0.3, -0.25) is 9.88 Å². The second-order valence-electron chi connectivity index (χ2n) is 8.04. The standard InChI is InChI=1S/C24H28N10O2/c1-3-18(36-19-6-8-27-9-7-19)5-4-17(2)28-21-20(16-25)22-29-24(30-23(26)34(22)31-21)33-12-10-32(11-13-33)14-15-35/h3-9,35H,1,10-15H2,2H3,(H,28,31)(H2,26,29,30)/b17-4+,18-5+. The van der Waals surface area contributed by atoms with E-state index < -0.39 is 0 Å². The van der Waals surface area contributed by atoms with Crippen molar-refractivity contribution in [2.24, 2.45) is 0 Å². The number of fused-ring (bicyclic) bond motifs is 1. The lowest BCUT2D eigenvalue weighted by Crippen LogP contribution is -2.47. The van der Waals surface area contributed by atoms with Crippen LogP contribution in [0.2, 0.25) is 0 Å². The topological polar surface area (TPSA) is 154 Å².